The second-order valence-corrected chi connectivity index (χ2v) is 6.78. The molecule has 0 fully saturated rings. The van der Waals surface area contributed by atoms with E-state index in [1.165, 1.54) is 4.90 Å². The van der Waals surface area contributed by atoms with Gasteiger partial charge in [-0.3, -0.25) is 19.9 Å². The number of hydrogen-bond acceptors (Lipinski definition) is 4. The van der Waals surface area contributed by atoms with Gasteiger partial charge in [-0.25, -0.2) is 0 Å². The zero-order valence-corrected chi connectivity index (χ0v) is 15.7. The number of carbonyl (C=O) groups is 2. The molecule has 28 heavy (non-hydrogen) atoms. The second kappa shape index (κ2) is 7.64. The first-order valence-electron chi connectivity index (χ1n) is 9.46. The van der Waals surface area contributed by atoms with Crippen molar-refractivity contribution >= 4 is 34.5 Å². The number of carbonyl (C=O) groups excluding carboxylic acids is 2. The molecule has 140 valence electrons. The molecular formula is C23H21N3O2. The van der Waals surface area contributed by atoms with Gasteiger partial charge in [-0.15, -0.1) is 0 Å². The van der Waals surface area contributed by atoms with Gasteiger partial charge in [-0.1, -0.05) is 55.8 Å². The van der Waals surface area contributed by atoms with Crippen LogP contribution in [0.15, 0.2) is 65.8 Å². The smallest absolute Gasteiger partial charge is 0.261 e. The number of benzene rings is 3. The van der Waals surface area contributed by atoms with Crippen molar-refractivity contribution in [2.45, 2.75) is 19.8 Å². The summed E-state index contributed by atoms with van der Waals surface area (Å²) in [5.41, 5.74) is 5.92. The molecule has 0 spiro atoms. The Hall–Kier alpha value is -3.47. The third-order valence-electron chi connectivity index (χ3n) is 4.93. The number of anilines is 1. The Bertz CT molecular complexity index is 1050. The Morgan fingerprint density at radius 2 is 1.68 bits per heavy atom. The van der Waals surface area contributed by atoms with E-state index in [0.717, 1.165) is 29.5 Å². The first kappa shape index (κ1) is 17.9. The molecule has 1 aliphatic heterocycles. The summed E-state index contributed by atoms with van der Waals surface area (Å²) in [6, 6.07) is 18.9. The van der Waals surface area contributed by atoms with Crippen molar-refractivity contribution in [3.8, 4) is 0 Å². The third kappa shape index (κ3) is 3.16. The fourth-order valence-corrected chi connectivity index (χ4v) is 3.48. The van der Waals surface area contributed by atoms with E-state index in [-0.39, 0.29) is 11.8 Å². The van der Waals surface area contributed by atoms with E-state index in [9.17, 15) is 9.59 Å². The normalized spacial score (nSPS) is 13.5. The number of nitrogens with one attached hydrogen (secondary N) is 1. The minimum Gasteiger partial charge on any atom is -0.278 e. The third-order valence-corrected chi connectivity index (χ3v) is 4.93. The molecule has 0 saturated carbocycles. The number of unbranched alkanes of at least 4 members (excludes halogenated alkanes) is 1. The Morgan fingerprint density at radius 3 is 2.43 bits per heavy atom. The van der Waals surface area contributed by atoms with Crippen LogP contribution in [0.1, 0.15) is 46.0 Å². The molecule has 0 radical (unpaired) electrons. The van der Waals surface area contributed by atoms with E-state index >= 15 is 0 Å². The van der Waals surface area contributed by atoms with Crippen molar-refractivity contribution < 1.29 is 9.59 Å². The molecule has 0 atom stereocenters. The van der Waals surface area contributed by atoms with E-state index in [2.05, 4.69) is 10.5 Å². The fraction of sp³-hybridized carbons (Fsp3) is 0.174. The average Bonchev–Trinajstić information content (AvgIpc) is 2.73. The average molecular weight is 371 g/mol. The Labute approximate surface area is 163 Å². The second-order valence-electron chi connectivity index (χ2n) is 6.78. The van der Waals surface area contributed by atoms with Gasteiger partial charge in [0, 0.05) is 28.4 Å². The van der Waals surface area contributed by atoms with Gasteiger partial charge in [0.25, 0.3) is 11.8 Å². The predicted octanol–water partition coefficient (Wildman–Crippen LogP) is 4.68. The van der Waals surface area contributed by atoms with Crippen LogP contribution in [0.25, 0.3) is 10.8 Å². The molecule has 0 aromatic heterocycles. The van der Waals surface area contributed by atoms with Crippen LogP contribution in [-0.4, -0.2) is 29.5 Å². The van der Waals surface area contributed by atoms with Crippen LogP contribution in [0.5, 0.6) is 0 Å². The summed E-state index contributed by atoms with van der Waals surface area (Å²) in [6.07, 6.45) is 3.46. The Kier molecular flexibility index (Phi) is 4.89. The van der Waals surface area contributed by atoms with Gasteiger partial charge in [0.1, 0.15) is 0 Å². The van der Waals surface area contributed by atoms with Gasteiger partial charge in [0.2, 0.25) is 0 Å². The van der Waals surface area contributed by atoms with Crippen molar-refractivity contribution in [3.63, 3.8) is 0 Å². The summed E-state index contributed by atoms with van der Waals surface area (Å²) in [6.45, 7) is 2.49. The molecule has 4 rings (SSSR count). The van der Waals surface area contributed by atoms with Crippen molar-refractivity contribution in [2.24, 2.45) is 5.10 Å². The summed E-state index contributed by atoms with van der Waals surface area (Å²) in [4.78, 5) is 27.1. The number of amides is 2. The molecule has 3 aromatic rings. The standard InChI is InChI=1S/C23H21N3O2/c1-2-3-14-26-22(27)18-11-7-10-17-20(13-12-19(21(17)18)23(26)28)25-24-15-16-8-5-4-6-9-16/h4-13,15,25H,2-3,14H2,1H3/b24-15+. The fourth-order valence-electron chi connectivity index (χ4n) is 3.48. The minimum atomic E-state index is -0.221. The van der Waals surface area contributed by atoms with Gasteiger partial charge < -0.3 is 0 Å². The van der Waals surface area contributed by atoms with Crippen LogP contribution in [-0.2, 0) is 0 Å². The quantitative estimate of drug-likeness (QED) is 0.389. The Balaban J connectivity index is 1.71. The van der Waals surface area contributed by atoms with Gasteiger partial charge in [0.05, 0.1) is 11.9 Å². The van der Waals surface area contributed by atoms with E-state index in [4.69, 9.17) is 0 Å². The summed E-state index contributed by atoms with van der Waals surface area (Å²) >= 11 is 0. The van der Waals surface area contributed by atoms with Crippen LogP contribution < -0.4 is 5.43 Å². The van der Waals surface area contributed by atoms with E-state index in [1.54, 1.807) is 18.3 Å². The number of nitrogens with zero attached hydrogens (tertiary/aromatic N) is 2. The van der Waals surface area contributed by atoms with E-state index in [1.807, 2.05) is 55.5 Å². The lowest BCUT2D eigenvalue weighted by Crippen LogP contribution is -2.40. The highest BCUT2D eigenvalue weighted by molar-refractivity contribution is 6.26. The zero-order chi connectivity index (χ0) is 19.5. The van der Waals surface area contributed by atoms with E-state index < -0.39 is 0 Å². The van der Waals surface area contributed by atoms with Crippen LogP contribution in [0.3, 0.4) is 0 Å². The molecular weight excluding hydrogens is 350 g/mol. The highest BCUT2D eigenvalue weighted by Gasteiger charge is 2.32. The molecule has 0 bridgehead atoms. The highest BCUT2D eigenvalue weighted by Crippen LogP contribution is 2.34. The molecule has 1 heterocycles. The summed E-state index contributed by atoms with van der Waals surface area (Å²) < 4.78 is 0. The van der Waals surface area contributed by atoms with Gasteiger partial charge >= 0.3 is 0 Å². The van der Waals surface area contributed by atoms with Crippen LogP contribution >= 0.6 is 0 Å². The highest BCUT2D eigenvalue weighted by atomic mass is 16.2. The topological polar surface area (TPSA) is 61.8 Å². The minimum absolute atomic E-state index is 0.221. The SMILES string of the molecule is CCCCN1C(=O)c2cccc3c(N/N=C/c4ccccc4)ccc(c23)C1=O. The van der Waals surface area contributed by atoms with Crippen LogP contribution in [0.4, 0.5) is 5.69 Å². The molecule has 5 nitrogen and oxygen atoms in total. The number of hydrazone groups is 1. The number of rotatable bonds is 6. The van der Waals surface area contributed by atoms with Crippen LogP contribution in [0, 0.1) is 0 Å². The maximum atomic E-state index is 12.9. The molecule has 1 N–H and O–H groups in total. The van der Waals surface area contributed by atoms with Crippen molar-refractivity contribution in [3.05, 3.63) is 77.4 Å². The lowest BCUT2D eigenvalue weighted by Gasteiger charge is -2.27. The van der Waals surface area contributed by atoms with Crippen LogP contribution in [0.2, 0.25) is 0 Å². The summed E-state index contributed by atoms with van der Waals surface area (Å²) in [5.74, 6) is -0.442. The maximum absolute atomic E-state index is 12.9. The molecule has 5 heteroatoms. The lowest BCUT2D eigenvalue weighted by molar-refractivity contribution is 0.0608. The molecule has 0 saturated heterocycles. The van der Waals surface area contributed by atoms with Gasteiger partial charge in [-0.05, 0) is 30.2 Å². The van der Waals surface area contributed by atoms with E-state index in [0.29, 0.717) is 23.1 Å². The zero-order valence-electron chi connectivity index (χ0n) is 15.7. The molecule has 2 amide bonds. The predicted molar refractivity (Wildman–Crippen MR) is 112 cm³/mol. The van der Waals surface area contributed by atoms with Crippen molar-refractivity contribution in [1.82, 2.24) is 4.90 Å². The largest absolute Gasteiger partial charge is 0.278 e. The maximum Gasteiger partial charge on any atom is 0.261 e. The number of imide groups is 1. The molecule has 0 unspecified atom stereocenters. The molecule has 3 aromatic carbocycles. The molecule has 0 aliphatic carbocycles. The van der Waals surface area contributed by atoms with Crippen molar-refractivity contribution in [2.75, 3.05) is 12.0 Å². The first-order valence-corrected chi connectivity index (χ1v) is 9.46. The number of hydrogen-bond donors (Lipinski definition) is 1. The van der Waals surface area contributed by atoms with Gasteiger partial charge in [0.15, 0.2) is 0 Å². The lowest BCUT2D eigenvalue weighted by atomic mass is 9.93. The summed E-state index contributed by atoms with van der Waals surface area (Å²) in [7, 11) is 0. The Morgan fingerprint density at radius 1 is 0.929 bits per heavy atom. The monoisotopic (exact) mass is 371 g/mol. The first-order chi connectivity index (χ1) is 13.7. The molecule has 1 aliphatic rings. The van der Waals surface area contributed by atoms with Gasteiger partial charge in [-0.2, -0.15) is 5.10 Å². The van der Waals surface area contributed by atoms with Crippen molar-refractivity contribution in [1.29, 1.82) is 0 Å². The summed E-state index contributed by atoms with van der Waals surface area (Å²) in [5, 5.41) is 5.82.